The van der Waals surface area contributed by atoms with Crippen molar-refractivity contribution < 1.29 is 19.5 Å². The monoisotopic (exact) mass is 518 g/mol. The number of H-pyrrole nitrogens is 1. The number of rotatable bonds is 6. The van der Waals surface area contributed by atoms with Crippen LogP contribution in [-0.2, 0) is 5.54 Å². The Labute approximate surface area is 219 Å². The summed E-state index contributed by atoms with van der Waals surface area (Å²) in [5.41, 5.74) is 1.89. The number of anilines is 1. The van der Waals surface area contributed by atoms with E-state index >= 15 is 0 Å². The fourth-order valence-corrected chi connectivity index (χ4v) is 5.33. The van der Waals surface area contributed by atoms with Crippen molar-refractivity contribution in [2.45, 2.75) is 38.8 Å². The third-order valence-electron chi connectivity index (χ3n) is 7.90. The molecule has 3 N–H and O–H groups in total. The summed E-state index contributed by atoms with van der Waals surface area (Å²) in [7, 11) is 0. The number of tetrazole rings is 1. The quantitative estimate of drug-likeness (QED) is 0.352. The van der Waals surface area contributed by atoms with Crippen LogP contribution in [0.3, 0.4) is 0 Å². The SMILES string of the molecule is CCC(C)(C)n1nnnc1[C@H](c1cc2cc3c(cc2[nH]c1=O)OCO3)[NH+]1CCN(c2ccc(O)cc2)CC1. The van der Waals surface area contributed by atoms with Crippen molar-refractivity contribution in [1.82, 2.24) is 25.2 Å². The lowest BCUT2D eigenvalue weighted by Crippen LogP contribution is -3.15. The maximum atomic E-state index is 13.6. The molecule has 0 bridgehead atoms. The molecule has 1 saturated heterocycles. The van der Waals surface area contributed by atoms with E-state index in [2.05, 4.69) is 46.2 Å². The summed E-state index contributed by atoms with van der Waals surface area (Å²) in [4.78, 5) is 20.2. The molecule has 198 valence electrons. The maximum Gasteiger partial charge on any atom is 0.258 e. The van der Waals surface area contributed by atoms with Gasteiger partial charge in [0.1, 0.15) is 5.75 Å². The van der Waals surface area contributed by atoms with Crippen LogP contribution in [0.25, 0.3) is 10.9 Å². The number of nitrogens with one attached hydrogen (secondary N) is 2. The molecule has 0 spiro atoms. The zero-order valence-corrected chi connectivity index (χ0v) is 21.8. The fraction of sp³-hybridized carbons (Fsp3) is 0.407. The number of ether oxygens (including phenoxy) is 2. The molecule has 38 heavy (non-hydrogen) atoms. The number of phenolic OH excluding ortho intramolecular Hbond substituents is 1. The third kappa shape index (κ3) is 4.22. The predicted octanol–water partition coefficient (Wildman–Crippen LogP) is 1.59. The molecule has 0 aliphatic carbocycles. The van der Waals surface area contributed by atoms with Crippen LogP contribution in [0.5, 0.6) is 17.2 Å². The molecule has 4 aromatic rings. The van der Waals surface area contributed by atoms with Gasteiger partial charge in [-0.2, -0.15) is 0 Å². The summed E-state index contributed by atoms with van der Waals surface area (Å²) in [5, 5.41) is 23.5. The zero-order chi connectivity index (χ0) is 26.4. The number of hydrogen-bond donors (Lipinski definition) is 3. The molecule has 1 fully saturated rings. The van der Waals surface area contributed by atoms with Gasteiger partial charge < -0.3 is 29.4 Å². The van der Waals surface area contributed by atoms with Crippen LogP contribution in [0.4, 0.5) is 5.69 Å². The van der Waals surface area contributed by atoms with Crippen LogP contribution in [0.2, 0.25) is 0 Å². The molecule has 0 amide bonds. The van der Waals surface area contributed by atoms with Crippen LogP contribution in [-0.4, -0.2) is 63.3 Å². The van der Waals surface area contributed by atoms with Gasteiger partial charge in [-0.1, -0.05) is 6.92 Å². The minimum atomic E-state index is -0.364. The Balaban J connectivity index is 1.41. The van der Waals surface area contributed by atoms with Crippen molar-refractivity contribution in [3.8, 4) is 17.2 Å². The molecule has 2 aliphatic rings. The number of pyridine rings is 1. The molecule has 11 nitrogen and oxygen atoms in total. The molecule has 0 saturated carbocycles. The van der Waals surface area contributed by atoms with Crippen LogP contribution in [0.1, 0.15) is 44.6 Å². The Hall–Kier alpha value is -4.12. The first-order chi connectivity index (χ1) is 18.3. The smallest absolute Gasteiger partial charge is 0.258 e. The first-order valence-electron chi connectivity index (χ1n) is 13.0. The summed E-state index contributed by atoms with van der Waals surface area (Å²) >= 11 is 0. The van der Waals surface area contributed by atoms with Crippen molar-refractivity contribution in [3.05, 3.63) is 64.2 Å². The summed E-state index contributed by atoms with van der Waals surface area (Å²) in [6.07, 6.45) is 0.833. The van der Waals surface area contributed by atoms with Crippen LogP contribution < -0.4 is 24.8 Å². The van der Waals surface area contributed by atoms with E-state index in [1.807, 2.05) is 35.0 Å². The van der Waals surface area contributed by atoms with Crippen molar-refractivity contribution in [2.75, 3.05) is 37.9 Å². The number of quaternary nitrogens is 1. The lowest BCUT2D eigenvalue weighted by molar-refractivity contribution is -0.927. The minimum absolute atomic E-state index is 0.168. The van der Waals surface area contributed by atoms with Crippen molar-refractivity contribution in [1.29, 1.82) is 0 Å². The topological polar surface area (TPSA) is 123 Å². The molecular formula is C27H32N7O4+. The number of phenols is 1. The Morgan fingerprint density at radius 2 is 1.82 bits per heavy atom. The van der Waals surface area contributed by atoms with Gasteiger partial charge >= 0.3 is 0 Å². The first-order valence-corrected chi connectivity index (χ1v) is 13.0. The number of fused-ring (bicyclic) bond motifs is 2. The van der Waals surface area contributed by atoms with Crippen molar-refractivity contribution in [3.63, 3.8) is 0 Å². The molecule has 0 radical (unpaired) electrons. The highest BCUT2D eigenvalue weighted by Crippen LogP contribution is 2.36. The lowest BCUT2D eigenvalue weighted by atomic mass is 9.98. The second-order valence-electron chi connectivity index (χ2n) is 10.6. The van der Waals surface area contributed by atoms with Gasteiger partial charge in [-0.05, 0) is 67.1 Å². The average Bonchev–Trinajstić information content (AvgIpc) is 3.59. The van der Waals surface area contributed by atoms with Gasteiger partial charge in [-0.15, -0.1) is 5.10 Å². The molecular weight excluding hydrogens is 486 g/mol. The minimum Gasteiger partial charge on any atom is -0.508 e. The van der Waals surface area contributed by atoms with Crippen molar-refractivity contribution >= 4 is 16.6 Å². The largest absolute Gasteiger partial charge is 0.508 e. The molecule has 2 aromatic heterocycles. The van der Waals surface area contributed by atoms with E-state index in [9.17, 15) is 9.90 Å². The molecule has 6 rings (SSSR count). The van der Waals surface area contributed by atoms with Crippen LogP contribution in [0, 0.1) is 0 Å². The number of nitrogens with zero attached hydrogens (tertiary/aromatic N) is 5. The Morgan fingerprint density at radius 1 is 1.11 bits per heavy atom. The van der Waals surface area contributed by atoms with E-state index < -0.39 is 0 Å². The summed E-state index contributed by atoms with van der Waals surface area (Å²) in [5.74, 6) is 2.22. The van der Waals surface area contributed by atoms with Gasteiger partial charge in [0.25, 0.3) is 5.56 Å². The van der Waals surface area contributed by atoms with E-state index in [0.717, 1.165) is 43.7 Å². The predicted molar refractivity (Wildman–Crippen MR) is 141 cm³/mol. The number of aromatic hydroxyl groups is 1. The highest BCUT2D eigenvalue weighted by Gasteiger charge is 2.39. The standard InChI is InChI=1S/C27H31N7O4/c1-4-27(2,3)34-25(29-30-31-34)24(33-11-9-32(10-12-33)18-5-7-19(35)8-6-18)20-13-17-14-22-23(38-16-37-22)15-21(17)28-26(20)36/h5-8,13-15,24,35H,4,9-12,16H2,1-3H3,(H,28,36)/p+1/t24-/m0/s1. The van der Waals surface area contributed by atoms with Gasteiger partial charge in [-0.3, -0.25) is 4.79 Å². The number of piperazine rings is 1. The molecule has 11 heteroatoms. The summed E-state index contributed by atoms with van der Waals surface area (Å²) in [6, 6.07) is 12.6. The van der Waals surface area contributed by atoms with Gasteiger partial charge in [0.15, 0.2) is 17.5 Å². The summed E-state index contributed by atoms with van der Waals surface area (Å²) in [6.45, 7) is 9.63. The normalized spacial score (nSPS) is 16.8. The van der Waals surface area contributed by atoms with E-state index in [1.54, 1.807) is 12.1 Å². The van der Waals surface area contributed by atoms with Gasteiger partial charge in [0.05, 0.1) is 42.8 Å². The number of benzene rings is 2. The van der Waals surface area contributed by atoms with Gasteiger partial charge in [-0.25, -0.2) is 4.68 Å². The molecule has 1 atom stereocenters. The Morgan fingerprint density at radius 3 is 2.53 bits per heavy atom. The molecule has 2 aromatic carbocycles. The van der Waals surface area contributed by atoms with Crippen LogP contribution in [0.15, 0.2) is 47.3 Å². The molecule has 4 heterocycles. The van der Waals surface area contributed by atoms with E-state index in [4.69, 9.17) is 9.47 Å². The Bertz CT molecular complexity index is 1520. The van der Waals surface area contributed by atoms with E-state index in [-0.39, 0.29) is 29.7 Å². The molecule has 0 unspecified atom stereocenters. The number of aromatic nitrogens is 5. The van der Waals surface area contributed by atoms with Gasteiger partial charge in [0, 0.05) is 17.1 Å². The van der Waals surface area contributed by atoms with Crippen molar-refractivity contribution in [2.24, 2.45) is 0 Å². The Kier molecular flexibility index (Phi) is 5.94. The second kappa shape index (κ2) is 9.32. The highest BCUT2D eigenvalue weighted by molar-refractivity contribution is 5.83. The zero-order valence-electron chi connectivity index (χ0n) is 21.8. The third-order valence-corrected chi connectivity index (χ3v) is 7.90. The summed E-state index contributed by atoms with van der Waals surface area (Å²) < 4.78 is 13.0. The highest BCUT2D eigenvalue weighted by atomic mass is 16.7. The fourth-order valence-electron chi connectivity index (χ4n) is 5.33. The van der Waals surface area contributed by atoms with Gasteiger partial charge in [0.2, 0.25) is 12.6 Å². The van der Waals surface area contributed by atoms with Crippen LogP contribution >= 0.6 is 0 Å². The molecule has 2 aliphatic heterocycles. The van der Waals surface area contributed by atoms with E-state index in [0.29, 0.717) is 28.4 Å². The number of aromatic amines is 1. The second-order valence-corrected chi connectivity index (χ2v) is 10.6. The lowest BCUT2D eigenvalue weighted by Gasteiger charge is -2.37. The number of hydrogen-bond acceptors (Lipinski definition) is 8. The maximum absolute atomic E-state index is 13.6. The van der Waals surface area contributed by atoms with E-state index in [1.165, 1.54) is 4.90 Å². The first kappa shape index (κ1) is 24.2. The average molecular weight is 519 g/mol.